The quantitative estimate of drug-likeness (QED) is 0.819. The van der Waals surface area contributed by atoms with Gasteiger partial charge in [-0.25, -0.2) is 0 Å². The van der Waals surface area contributed by atoms with Crippen LogP contribution in [0.4, 0.5) is 0 Å². The van der Waals surface area contributed by atoms with Crippen molar-refractivity contribution in [3.05, 3.63) is 34.3 Å². The van der Waals surface area contributed by atoms with Gasteiger partial charge in [-0.1, -0.05) is 40.9 Å². The lowest BCUT2D eigenvalue weighted by Crippen LogP contribution is -2.59. The molecule has 2 saturated heterocycles. The standard InChI is InChI=1S/C13H16BrN/c14-11-6-4-10(5-7-11)13-8-2-1-3-12(9-13)15-13/h4-7,12,15H,1-3,8-9H2. The topological polar surface area (TPSA) is 12.0 Å². The lowest BCUT2D eigenvalue weighted by atomic mass is 9.75. The van der Waals surface area contributed by atoms with Crippen LogP contribution in [0.1, 0.15) is 37.7 Å². The van der Waals surface area contributed by atoms with Crippen molar-refractivity contribution < 1.29 is 0 Å². The number of halogens is 1. The SMILES string of the molecule is Brc1ccc(C23CCCCC(C2)N3)cc1. The molecule has 0 aromatic heterocycles. The molecule has 0 spiro atoms. The highest BCUT2D eigenvalue weighted by Gasteiger charge is 2.45. The fraction of sp³-hybridized carbons (Fsp3) is 0.538. The van der Waals surface area contributed by atoms with Crippen LogP contribution in [-0.2, 0) is 5.54 Å². The van der Waals surface area contributed by atoms with Gasteiger partial charge >= 0.3 is 0 Å². The van der Waals surface area contributed by atoms with Gasteiger partial charge in [-0.15, -0.1) is 0 Å². The molecule has 1 aromatic rings. The van der Waals surface area contributed by atoms with E-state index in [4.69, 9.17) is 0 Å². The van der Waals surface area contributed by atoms with Crippen molar-refractivity contribution in [1.82, 2.24) is 5.32 Å². The van der Waals surface area contributed by atoms with E-state index in [1.807, 2.05) is 0 Å². The summed E-state index contributed by atoms with van der Waals surface area (Å²) in [4.78, 5) is 0. The Morgan fingerprint density at radius 2 is 1.93 bits per heavy atom. The van der Waals surface area contributed by atoms with E-state index in [1.165, 1.54) is 42.1 Å². The van der Waals surface area contributed by atoms with Gasteiger partial charge in [0, 0.05) is 16.1 Å². The number of nitrogens with one attached hydrogen (secondary N) is 1. The second-order valence-corrected chi connectivity index (χ2v) is 5.80. The first-order chi connectivity index (χ1) is 7.28. The van der Waals surface area contributed by atoms with Gasteiger partial charge in [0.05, 0.1) is 0 Å². The molecule has 1 nitrogen and oxygen atoms in total. The molecule has 3 aliphatic rings. The smallest absolute Gasteiger partial charge is 0.0451 e. The largest absolute Gasteiger partial charge is 0.304 e. The van der Waals surface area contributed by atoms with Crippen molar-refractivity contribution >= 4 is 15.9 Å². The van der Waals surface area contributed by atoms with Crippen molar-refractivity contribution in [3.63, 3.8) is 0 Å². The Hall–Kier alpha value is -0.340. The number of hydrogen-bond acceptors (Lipinski definition) is 1. The monoisotopic (exact) mass is 265 g/mol. The van der Waals surface area contributed by atoms with Crippen LogP contribution in [0.3, 0.4) is 0 Å². The van der Waals surface area contributed by atoms with Gasteiger partial charge in [0.25, 0.3) is 0 Å². The van der Waals surface area contributed by atoms with E-state index in [1.54, 1.807) is 0 Å². The zero-order chi connectivity index (χ0) is 10.3. The third-order valence-corrected chi connectivity index (χ3v) is 4.41. The van der Waals surface area contributed by atoms with E-state index in [2.05, 4.69) is 45.5 Å². The van der Waals surface area contributed by atoms with Crippen molar-refractivity contribution in [2.75, 3.05) is 0 Å². The Kier molecular flexibility index (Phi) is 2.37. The third kappa shape index (κ3) is 1.64. The number of hydrogen-bond donors (Lipinski definition) is 1. The maximum atomic E-state index is 3.78. The molecule has 2 unspecified atom stereocenters. The van der Waals surface area contributed by atoms with Gasteiger partial charge in [0.15, 0.2) is 0 Å². The van der Waals surface area contributed by atoms with E-state index in [0.717, 1.165) is 6.04 Å². The van der Waals surface area contributed by atoms with Gasteiger partial charge in [0.2, 0.25) is 0 Å². The van der Waals surface area contributed by atoms with Crippen molar-refractivity contribution in [2.45, 2.75) is 43.7 Å². The molecule has 1 aliphatic carbocycles. The number of fused-ring (bicyclic) bond motifs is 3. The minimum atomic E-state index is 0.321. The van der Waals surface area contributed by atoms with Crippen LogP contribution in [-0.4, -0.2) is 6.04 Å². The van der Waals surface area contributed by atoms with Gasteiger partial charge < -0.3 is 5.32 Å². The Morgan fingerprint density at radius 3 is 2.67 bits per heavy atom. The average molecular weight is 266 g/mol. The second-order valence-electron chi connectivity index (χ2n) is 4.88. The maximum Gasteiger partial charge on any atom is 0.0451 e. The number of benzene rings is 1. The first kappa shape index (κ1) is 9.86. The molecule has 2 aliphatic heterocycles. The van der Waals surface area contributed by atoms with E-state index < -0.39 is 0 Å². The summed E-state index contributed by atoms with van der Waals surface area (Å²) < 4.78 is 1.17. The van der Waals surface area contributed by atoms with Crippen LogP contribution >= 0.6 is 15.9 Å². The fourth-order valence-electron chi connectivity index (χ4n) is 3.07. The molecule has 3 fully saturated rings. The Balaban J connectivity index is 1.89. The highest BCUT2D eigenvalue weighted by atomic mass is 79.9. The van der Waals surface area contributed by atoms with Crippen LogP contribution in [0.25, 0.3) is 0 Å². The van der Waals surface area contributed by atoms with Crippen molar-refractivity contribution in [2.24, 2.45) is 0 Å². The maximum absolute atomic E-state index is 3.78. The molecule has 2 heterocycles. The van der Waals surface area contributed by atoms with E-state index in [9.17, 15) is 0 Å². The van der Waals surface area contributed by atoms with Crippen molar-refractivity contribution in [1.29, 1.82) is 0 Å². The molecule has 0 amide bonds. The van der Waals surface area contributed by atoms with Crippen LogP contribution < -0.4 is 5.32 Å². The van der Waals surface area contributed by atoms with Gasteiger partial charge in [-0.05, 0) is 37.0 Å². The molecule has 15 heavy (non-hydrogen) atoms. The Morgan fingerprint density at radius 1 is 1.20 bits per heavy atom. The Bertz CT molecular complexity index is 346. The summed E-state index contributed by atoms with van der Waals surface area (Å²) >= 11 is 3.49. The zero-order valence-electron chi connectivity index (χ0n) is 8.80. The molecule has 4 rings (SSSR count). The predicted molar refractivity (Wildman–Crippen MR) is 65.8 cm³/mol. The molecule has 2 atom stereocenters. The first-order valence-electron chi connectivity index (χ1n) is 5.82. The van der Waals surface area contributed by atoms with Crippen molar-refractivity contribution in [3.8, 4) is 0 Å². The molecule has 0 radical (unpaired) electrons. The first-order valence-corrected chi connectivity index (χ1v) is 6.62. The molecule has 2 heteroatoms. The minimum absolute atomic E-state index is 0.321. The van der Waals surface area contributed by atoms with Crippen LogP contribution in [0.15, 0.2) is 28.7 Å². The molecule has 1 N–H and O–H groups in total. The predicted octanol–water partition coefficient (Wildman–Crippen LogP) is 3.58. The molecular formula is C13H16BrN. The molecule has 1 aromatic carbocycles. The zero-order valence-corrected chi connectivity index (χ0v) is 10.4. The molecular weight excluding hydrogens is 250 g/mol. The van der Waals surface area contributed by atoms with Crippen LogP contribution in [0.2, 0.25) is 0 Å². The summed E-state index contributed by atoms with van der Waals surface area (Å²) in [7, 11) is 0. The number of rotatable bonds is 1. The summed E-state index contributed by atoms with van der Waals surface area (Å²) in [5.74, 6) is 0. The van der Waals surface area contributed by atoms with E-state index in [-0.39, 0.29) is 0 Å². The van der Waals surface area contributed by atoms with Gasteiger partial charge in [-0.2, -0.15) is 0 Å². The van der Waals surface area contributed by atoms with Gasteiger partial charge in [-0.3, -0.25) is 0 Å². The highest BCUT2D eigenvalue weighted by Crippen LogP contribution is 2.44. The third-order valence-electron chi connectivity index (χ3n) is 3.88. The highest BCUT2D eigenvalue weighted by molar-refractivity contribution is 9.10. The summed E-state index contributed by atoms with van der Waals surface area (Å²) in [5.41, 5.74) is 1.80. The normalized spacial score (nSPS) is 34.3. The lowest BCUT2D eigenvalue weighted by molar-refractivity contribution is 0.138. The summed E-state index contributed by atoms with van der Waals surface area (Å²) in [6, 6.07) is 9.63. The molecule has 1 saturated carbocycles. The lowest BCUT2D eigenvalue weighted by Gasteiger charge is -2.48. The summed E-state index contributed by atoms with van der Waals surface area (Å²) in [6.45, 7) is 0. The molecule has 2 bridgehead atoms. The fourth-order valence-corrected chi connectivity index (χ4v) is 3.33. The van der Waals surface area contributed by atoms with Gasteiger partial charge in [0.1, 0.15) is 0 Å². The molecule has 80 valence electrons. The van der Waals surface area contributed by atoms with E-state index in [0.29, 0.717) is 5.54 Å². The summed E-state index contributed by atoms with van der Waals surface area (Å²) in [5, 5.41) is 3.78. The average Bonchev–Trinajstić information content (AvgIpc) is 2.51. The second kappa shape index (κ2) is 3.60. The van der Waals surface area contributed by atoms with Crippen LogP contribution in [0.5, 0.6) is 0 Å². The van der Waals surface area contributed by atoms with E-state index >= 15 is 0 Å². The van der Waals surface area contributed by atoms with Crippen LogP contribution in [0, 0.1) is 0 Å². The Labute approximate surface area is 99.4 Å². The summed E-state index contributed by atoms with van der Waals surface area (Å²) in [6.07, 6.45) is 6.80. The minimum Gasteiger partial charge on any atom is -0.304 e.